The lowest BCUT2D eigenvalue weighted by atomic mass is 10.2. The third-order valence-corrected chi connectivity index (χ3v) is 3.43. The summed E-state index contributed by atoms with van der Waals surface area (Å²) in [5.41, 5.74) is 1.36. The lowest BCUT2D eigenvalue weighted by Crippen LogP contribution is -1.97. The molecule has 0 aliphatic carbocycles. The monoisotopic (exact) mass is 326 g/mol. The van der Waals surface area contributed by atoms with E-state index in [0.29, 0.717) is 28.5 Å². The minimum Gasteiger partial charge on any atom is -0.481 e. The molecule has 7 heteroatoms. The van der Waals surface area contributed by atoms with Crippen molar-refractivity contribution in [1.29, 1.82) is 5.26 Å². The van der Waals surface area contributed by atoms with Gasteiger partial charge in [-0.1, -0.05) is 0 Å². The molecule has 0 bridgehead atoms. The number of imidazole rings is 1. The van der Waals surface area contributed by atoms with Gasteiger partial charge in [0.1, 0.15) is 11.5 Å². The van der Waals surface area contributed by atoms with Crippen molar-refractivity contribution in [2.45, 2.75) is 6.43 Å². The first-order chi connectivity index (χ1) is 11.6. The van der Waals surface area contributed by atoms with Crippen LogP contribution >= 0.6 is 0 Å². The summed E-state index contributed by atoms with van der Waals surface area (Å²) >= 11 is 0. The molecule has 2 heterocycles. The van der Waals surface area contributed by atoms with Gasteiger partial charge in [0, 0.05) is 29.7 Å². The highest BCUT2D eigenvalue weighted by Crippen LogP contribution is 2.27. The van der Waals surface area contributed by atoms with Crippen molar-refractivity contribution in [1.82, 2.24) is 14.5 Å². The molecule has 0 aliphatic heterocycles. The second-order valence-electron chi connectivity index (χ2n) is 4.91. The van der Waals surface area contributed by atoms with Crippen LogP contribution in [0.3, 0.4) is 0 Å². The molecule has 3 rings (SSSR count). The molecule has 0 saturated heterocycles. The van der Waals surface area contributed by atoms with Gasteiger partial charge in [-0.3, -0.25) is 4.57 Å². The Hall–Kier alpha value is -3.27. The third kappa shape index (κ3) is 2.94. The maximum atomic E-state index is 13.1. The van der Waals surface area contributed by atoms with Crippen LogP contribution in [0.5, 0.6) is 5.88 Å². The smallest absolute Gasteiger partial charge is 0.281 e. The van der Waals surface area contributed by atoms with Gasteiger partial charge in [0.05, 0.1) is 18.7 Å². The summed E-state index contributed by atoms with van der Waals surface area (Å²) in [5.74, 6) is 0.759. The molecule has 2 aromatic heterocycles. The summed E-state index contributed by atoms with van der Waals surface area (Å²) in [4.78, 5) is 8.11. The summed E-state index contributed by atoms with van der Waals surface area (Å²) in [6, 6.07) is 11.9. The van der Waals surface area contributed by atoms with Gasteiger partial charge in [-0.15, -0.1) is 0 Å². The van der Waals surface area contributed by atoms with E-state index in [0.717, 1.165) is 0 Å². The lowest BCUT2D eigenvalue weighted by molar-refractivity contribution is 0.146. The molecule has 0 spiro atoms. The summed E-state index contributed by atoms with van der Waals surface area (Å²) < 4.78 is 32.7. The minimum atomic E-state index is -2.69. The number of aromatic nitrogens is 3. The molecule has 1 aromatic carbocycles. The predicted octanol–water partition coefficient (Wildman–Crippen LogP) is 3.75. The first-order valence-electron chi connectivity index (χ1n) is 7.00. The van der Waals surface area contributed by atoms with Gasteiger partial charge in [0.2, 0.25) is 5.88 Å². The standard InChI is InChI=1S/C17H12F2N4O/c1-24-15-7-4-12(9-21-15)17-22-14(16(18)19)10-23(17)13-5-2-11(8-20)3-6-13/h2-7,9-10,16H,1H3. The van der Waals surface area contributed by atoms with Crippen LogP contribution in [-0.4, -0.2) is 21.6 Å². The van der Waals surface area contributed by atoms with Gasteiger partial charge < -0.3 is 4.74 Å². The van der Waals surface area contributed by atoms with Crippen LogP contribution in [0, 0.1) is 11.3 Å². The molecule has 0 amide bonds. The van der Waals surface area contributed by atoms with Gasteiger partial charge >= 0.3 is 0 Å². The summed E-state index contributed by atoms with van der Waals surface area (Å²) in [5, 5.41) is 8.87. The Morgan fingerprint density at radius 2 is 1.92 bits per heavy atom. The largest absolute Gasteiger partial charge is 0.481 e. The van der Waals surface area contributed by atoms with Crippen molar-refractivity contribution in [2.24, 2.45) is 0 Å². The van der Waals surface area contributed by atoms with Crippen molar-refractivity contribution < 1.29 is 13.5 Å². The van der Waals surface area contributed by atoms with Crippen molar-refractivity contribution >= 4 is 0 Å². The number of hydrogen-bond donors (Lipinski definition) is 0. The molecular formula is C17H12F2N4O. The van der Waals surface area contributed by atoms with Crippen LogP contribution in [0.15, 0.2) is 48.8 Å². The van der Waals surface area contributed by atoms with Gasteiger partial charge in [-0.25, -0.2) is 18.7 Å². The van der Waals surface area contributed by atoms with Crippen molar-refractivity contribution in [3.8, 4) is 29.0 Å². The second-order valence-corrected chi connectivity index (χ2v) is 4.91. The molecule has 24 heavy (non-hydrogen) atoms. The Morgan fingerprint density at radius 3 is 2.46 bits per heavy atom. The maximum absolute atomic E-state index is 13.1. The average Bonchev–Trinajstić information content (AvgIpc) is 3.07. The van der Waals surface area contributed by atoms with Crippen molar-refractivity contribution in [3.05, 3.63) is 60.0 Å². The molecule has 120 valence electrons. The molecule has 0 fully saturated rings. The molecule has 0 unspecified atom stereocenters. The zero-order valence-electron chi connectivity index (χ0n) is 12.6. The number of hydrogen-bond acceptors (Lipinski definition) is 4. The fourth-order valence-electron chi connectivity index (χ4n) is 2.23. The molecule has 0 aliphatic rings. The Morgan fingerprint density at radius 1 is 1.17 bits per heavy atom. The summed E-state index contributed by atoms with van der Waals surface area (Å²) in [6.07, 6.45) is 0.108. The number of rotatable bonds is 4. The van der Waals surface area contributed by atoms with E-state index >= 15 is 0 Å². The highest BCUT2D eigenvalue weighted by molar-refractivity contribution is 5.59. The summed E-state index contributed by atoms with van der Waals surface area (Å²) in [7, 11) is 1.49. The number of nitrogens with zero attached hydrogens (tertiary/aromatic N) is 4. The molecule has 0 radical (unpaired) electrons. The fraction of sp³-hybridized carbons (Fsp3) is 0.118. The van der Waals surface area contributed by atoms with Crippen LogP contribution in [-0.2, 0) is 0 Å². The van der Waals surface area contributed by atoms with E-state index in [1.807, 2.05) is 6.07 Å². The van der Waals surface area contributed by atoms with Crippen LogP contribution in [0.4, 0.5) is 8.78 Å². The molecule has 0 saturated carbocycles. The molecule has 3 aromatic rings. The van der Waals surface area contributed by atoms with Gasteiger partial charge in [-0.05, 0) is 30.3 Å². The van der Waals surface area contributed by atoms with Gasteiger partial charge in [0.15, 0.2) is 0 Å². The SMILES string of the molecule is COc1ccc(-c2nc(C(F)F)cn2-c2ccc(C#N)cc2)cn1. The van der Waals surface area contributed by atoms with E-state index in [-0.39, 0.29) is 5.69 Å². The lowest BCUT2D eigenvalue weighted by Gasteiger charge is -2.08. The third-order valence-electron chi connectivity index (χ3n) is 3.43. The van der Waals surface area contributed by atoms with E-state index in [1.165, 1.54) is 19.5 Å². The molecule has 5 nitrogen and oxygen atoms in total. The predicted molar refractivity (Wildman–Crippen MR) is 83.0 cm³/mol. The second kappa shape index (κ2) is 6.46. The molecule has 0 N–H and O–H groups in total. The quantitative estimate of drug-likeness (QED) is 0.732. The topological polar surface area (TPSA) is 63.7 Å². The fourth-order valence-corrected chi connectivity index (χ4v) is 2.23. The minimum absolute atomic E-state index is 0.329. The highest BCUT2D eigenvalue weighted by atomic mass is 19.3. The van der Waals surface area contributed by atoms with E-state index in [2.05, 4.69) is 9.97 Å². The van der Waals surface area contributed by atoms with Crippen LogP contribution < -0.4 is 4.74 Å². The van der Waals surface area contributed by atoms with E-state index in [1.54, 1.807) is 41.0 Å². The van der Waals surface area contributed by atoms with Crippen molar-refractivity contribution in [3.63, 3.8) is 0 Å². The summed E-state index contributed by atoms with van der Waals surface area (Å²) in [6.45, 7) is 0. The zero-order valence-corrected chi connectivity index (χ0v) is 12.6. The number of pyridine rings is 1. The Labute approximate surface area is 136 Å². The highest BCUT2D eigenvalue weighted by Gasteiger charge is 2.18. The number of alkyl halides is 2. The number of halogens is 2. The van der Waals surface area contributed by atoms with Crippen LogP contribution in [0.25, 0.3) is 17.1 Å². The first kappa shape index (κ1) is 15.6. The molecular weight excluding hydrogens is 314 g/mol. The number of benzene rings is 1. The van der Waals surface area contributed by atoms with Crippen molar-refractivity contribution in [2.75, 3.05) is 7.11 Å². The number of methoxy groups -OCH3 is 1. The molecule has 0 atom stereocenters. The van der Waals surface area contributed by atoms with E-state index < -0.39 is 6.43 Å². The number of nitriles is 1. The normalized spacial score (nSPS) is 10.6. The first-order valence-corrected chi connectivity index (χ1v) is 7.00. The van der Waals surface area contributed by atoms with Gasteiger partial charge in [0.25, 0.3) is 6.43 Å². The Bertz CT molecular complexity index is 880. The van der Waals surface area contributed by atoms with Crippen LogP contribution in [0.2, 0.25) is 0 Å². The average molecular weight is 326 g/mol. The van der Waals surface area contributed by atoms with Gasteiger partial charge in [-0.2, -0.15) is 5.26 Å². The maximum Gasteiger partial charge on any atom is 0.281 e. The van der Waals surface area contributed by atoms with E-state index in [4.69, 9.17) is 10.00 Å². The Balaban J connectivity index is 2.11. The van der Waals surface area contributed by atoms with E-state index in [9.17, 15) is 8.78 Å². The zero-order chi connectivity index (χ0) is 17.1. The van der Waals surface area contributed by atoms with Crippen LogP contribution in [0.1, 0.15) is 17.7 Å². The number of ether oxygens (including phenoxy) is 1. The Kier molecular flexibility index (Phi) is 4.20.